The van der Waals surface area contributed by atoms with Gasteiger partial charge in [-0.1, -0.05) is 0 Å². The quantitative estimate of drug-likeness (QED) is 0.848. The summed E-state index contributed by atoms with van der Waals surface area (Å²) in [6.07, 6.45) is 3.33. The van der Waals surface area contributed by atoms with Crippen molar-refractivity contribution in [3.63, 3.8) is 0 Å². The molecule has 1 heterocycles. The van der Waals surface area contributed by atoms with E-state index in [-0.39, 0.29) is 17.4 Å². The lowest BCUT2D eigenvalue weighted by Crippen LogP contribution is -2.09. The number of hydrogen-bond donors (Lipinski definition) is 0. The number of nitrogens with zero attached hydrogens (tertiary/aromatic N) is 3. The molecular formula is C14H14FN3O. The van der Waals surface area contributed by atoms with Crippen LogP contribution in [0.25, 0.3) is 0 Å². The van der Waals surface area contributed by atoms with E-state index < -0.39 is 5.82 Å². The van der Waals surface area contributed by atoms with Crippen LogP contribution in [0.4, 0.5) is 4.39 Å². The van der Waals surface area contributed by atoms with Crippen LogP contribution in [-0.2, 0) is 6.54 Å². The normalized spacial score (nSPS) is 10.5. The molecule has 0 saturated carbocycles. The second-order valence-corrected chi connectivity index (χ2v) is 4.43. The Labute approximate surface area is 111 Å². The van der Waals surface area contributed by atoms with E-state index in [0.717, 1.165) is 0 Å². The molecular weight excluding hydrogens is 245 g/mol. The summed E-state index contributed by atoms with van der Waals surface area (Å²) in [6, 6.07) is 6.65. The van der Waals surface area contributed by atoms with Crippen molar-refractivity contribution in [3.8, 4) is 11.8 Å². The maximum absolute atomic E-state index is 13.9. The smallest absolute Gasteiger partial charge is 0.145 e. The van der Waals surface area contributed by atoms with Crippen LogP contribution in [0.1, 0.15) is 25.0 Å². The molecule has 0 spiro atoms. The summed E-state index contributed by atoms with van der Waals surface area (Å²) in [5.74, 6) is -0.289. The monoisotopic (exact) mass is 259 g/mol. The van der Waals surface area contributed by atoms with Crippen molar-refractivity contribution in [2.24, 2.45) is 0 Å². The fourth-order valence-electron chi connectivity index (χ4n) is 1.76. The minimum atomic E-state index is -0.567. The predicted molar refractivity (Wildman–Crippen MR) is 68.2 cm³/mol. The fraction of sp³-hybridized carbons (Fsp3) is 0.286. The summed E-state index contributed by atoms with van der Waals surface area (Å²) < 4.78 is 21.0. The number of rotatable bonds is 4. The zero-order valence-electron chi connectivity index (χ0n) is 10.8. The molecule has 0 aliphatic carbocycles. The number of hydrogen-bond acceptors (Lipinski definition) is 3. The average Bonchev–Trinajstić information content (AvgIpc) is 2.80. The Hall–Kier alpha value is -2.35. The number of aromatic nitrogens is 2. The standard InChI is InChI=1S/C14H14FN3O/c1-10(2)19-14-7-11(6-13(15)12(14)8-16)9-18-5-3-4-17-18/h3-7,10H,9H2,1-2H3. The lowest BCUT2D eigenvalue weighted by molar-refractivity contribution is 0.240. The maximum Gasteiger partial charge on any atom is 0.145 e. The SMILES string of the molecule is CC(C)Oc1cc(Cn2cccn2)cc(F)c1C#N. The van der Waals surface area contributed by atoms with Crippen molar-refractivity contribution >= 4 is 0 Å². The molecule has 2 rings (SSSR count). The third kappa shape index (κ3) is 3.10. The third-order valence-corrected chi connectivity index (χ3v) is 2.49. The highest BCUT2D eigenvalue weighted by Crippen LogP contribution is 2.24. The molecule has 4 nitrogen and oxygen atoms in total. The van der Waals surface area contributed by atoms with Crippen LogP contribution in [0.5, 0.6) is 5.75 Å². The summed E-state index contributed by atoms with van der Waals surface area (Å²) in [5.41, 5.74) is 0.647. The Balaban J connectivity index is 2.36. The van der Waals surface area contributed by atoms with Gasteiger partial charge in [0.25, 0.3) is 0 Å². The molecule has 0 unspecified atom stereocenters. The van der Waals surface area contributed by atoms with E-state index in [0.29, 0.717) is 12.1 Å². The van der Waals surface area contributed by atoms with Crippen LogP contribution in [-0.4, -0.2) is 15.9 Å². The first kappa shape index (κ1) is 13.1. The molecule has 1 aromatic carbocycles. The summed E-state index contributed by atoms with van der Waals surface area (Å²) in [6.45, 7) is 4.10. The Bertz CT molecular complexity index is 600. The van der Waals surface area contributed by atoms with Gasteiger partial charge in [0.1, 0.15) is 23.2 Å². The Kier molecular flexibility index (Phi) is 3.81. The van der Waals surface area contributed by atoms with Gasteiger partial charge in [0.05, 0.1) is 12.6 Å². The first-order chi connectivity index (χ1) is 9.10. The summed E-state index contributed by atoms with van der Waals surface area (Å²) in [4.78, 5) is 0. The lowest BCUT2D eigenvalue weighted by atomic mass is 10.1. The van der Waals surface area contributed by atoms with E-state index in [9.17, 15) is 4.39 Å². The van der Waals surface area contributed by atoms with Crippen LogP contribution >= 0.6 is 0 Å². The number of ether oxygens (including phenoxy) is 1. The van der Waals surface area contributed by atoms with E-state index in [1.807, 2.05) is 19.9 Å². The van der Waals surface area contributed by atoms with Gasteiger partial charge in [-0.2, -0.15) is 10.4 Å². The van der Waals surface area contributed by atoms with Crippen molar-refractivity contribution in [1.82, 2.24) is 9.78 Å². The molecule has 2 aromatic rings. The van der Waals surface area contributed by atoms with E-state index in [1.165, 1.54) is 6.07 Å². The van der Waals surface area contributed by atoms with Gasteiger partial charge in [-0.3, -0.25) is 4.68 Å². The number of nitriles is 1. The molecule has 5 heteroatoms. The second kappa shape index (κ2) is 5.53. The molecule has 0 bridgehead atoms. The van der Waals surface area contributed by atoms with Crippen molar-refractivity contribution in [3.05, 3.63) is 47.5 Å². The summed E-state index contributed by atoms with van der Waals surface area (Å²) in [5, 5.41) is 13.0. The number of benzene rings is 1. The molecule has 19 heavy (non-hydrogen) atoms. The van der Waals surface area contributed by atoms with Gasteiger partial charge in [0.2, 0.25) is 0 Å². The largest absolute Gasteiger partial charge is 0.490 e. The lowest BCUT2D eigenvalue weighted by Gasteiger charge is -2.13. The zero-order valence-corrected chi connectivity index (χ0v) is 10.8. The molecule has 0 saturated heterocycles. The second-order valence-electron chi connectivity index (χ2n) is 4.43. The highest BCUT2D eigenvalue weighted by Gasteiger charge is 2.13. The molecule has 0 radical (unpaired) electrons. The minimum Gasteiger partial charge on any atom is -0.490 e. The van der Waals surface area contributed by atoms with Gasteiger partial charge in [0.15, 0.2) is 0 Å². The fourth-order valence-corrected chi connectivity index (χ4v) is 1.76. The summed E-state index contributed by atoms with van der Waals surface area (Å²) >= 11 is 0. The van der Waals surface area contributed by atoms with E-state index in [1.54, 1.807) is 29.2 Å². The first-order valence-corrected chi connectivity index (χ1v) is 5.96. The Morgan fingerprint density at radius 1 is 1.47 bits per heavy atom. The topological polar surface area (TPSA) is 50.8 Å². The first-order valence-electron chi connectivity index (χ1n) is 5.96. The van der Waals surface area contributed by atoms with Crippen molar-refractivity contribution < 1.29 is 9.13 Å². The van der Waals surface area contributed by atoms with Gasteiger partial charge in [0, 0.05) is 12.4 Å². The highest BCUT2D eigenvalue weighted by molar-refractivity contribution is 5.46. The van der Waals surface area contributed by atoms with E-state index in [2.05, 4.69) is 5.10 Å². The molecule has 0 N–H and O–H groups in total. The third-order valence-electron chi connectivity index (χ3n) is 2.49. The van der Waals surface area contributed by atoms with Crippen LogP contribution in [0.15, 0.2) is 30.6 Å². The van der Waals surface area contributed by atoms with Gasteiger partial charge < -0.3 is 4.74 Å². The Morgan fingerprint density at radius 3 is 2.84 bits per heavy atom. The molecule has 0 aliphatic heterocycles. The van der Waals surface area contributed by atoms with Crippen molar-refractivity contribution in [1.29, 1.82) is 5.26 Å². The highest BCUT2D eigenvalue weighted by atomic mass is 19.1. The average molecular weight is 259 g/mol. The van der Waals surface area contributed by atoms with Gasteiger partial charge in [-0.05, 0) is 37.6 Å². The molecule has 0 amide bonds. The van der Waals surface area contributed by atoms with Gasteiger partial charge in [-0.15, -0.1) is 0 Å². The van der Waals surface area contributed by atoms with Crippen molar-refractivity contribution in [2.75, 3.05) is 0 Å². The van der Waals surface area contributed by atoms with Crippen LogP contribution in [0, 0.1) is 17.1 Å². The molecule has 0 atom stereocenters. The minimum absolute atomic E-state index is 0.0575. The molecule has 0 fully saturated rings. The zero-order chi connectivity index (χ0) is 13.8. The molecule has 98 valence electrons. The van der Waals surface area contributed by atoms with Gasteiger partial charge in [-0.25, -0.2) is 4.39 Å². The predicted octanol–water partition coefficient (Wildman–Crippen LogP) is 2.73. The molecule has 1 aromatic heterocycles. The van der Waals surface area contributed by atoms with Crippen LogP contribution < -0.4 is 4.74 Å². The maximum atomic E-state index is 13.9. The number of halogens is 1. The summed E-state index contributed by atoms with van der Waals surface area (Å²) in [7, 11) is 0. The van der Waals surface area contributed by atoms with Crippen LogP contribution in [0.2, 0.25) is 0 Å². The van der Waals surface area contributed by atoms with Crippen molar-refractivity contribution in [2.45, 2.75) is 26.5 Å². The van der Waals surface area contributed by atoms with E-state index >= 15 is 0 Å². The van der Waals surface area contributed by atoms with Gasteiger partial charge >= 0.3 is 0 Å². The molecule has 0 aliphatic rings. The van der Waals surface area contributed by atoms with Crippen LogP contribution in [0.3, 0.4) is 0 Å². The van der Waals surface area contributed by atoms with E-state index in [4.69, 9.17) is 10.00 Å². The Morgan fingerprint density at radius 2 is 2.26 bits per heavy atom.